The van der Waals surface area contributed by atoms with Crippen molar-refractivity contribution in [3.05, 3.63) is 27.9 Å². The van der Waals surface area contributed by atoms with Gasteiger partial charge in [0.25, 0.3) is 5.69 Å². The zero-order chi connectivity index (χ0) is 13.0. The van der Waals surface area contributed by atoms with Crippen LogP contribution in [0.2, 0.25) is 0 Å². The molecule has 0 amide bonds. The molecule has 6 nitrogen and oxygen atoms in total. The Bertz CT molecular complexity index is 428. The number of pyridine rings is 1. The Balaban J connectivity index is 2.05. The largest absolute Gasteiger partial charge is 0.367 e. The number of hydrogen-bond donors (Lipinski definition) is 2. The van der Waals surface area contributed by atoms with Crippen LogP contribution in [0, 0.1) is 17.0 Å². The molecular weight excluding hydrogens is 232 g/mol. The molecule has 0 aliphatic carbocycles. The monoisotopic (exact) mass is 250 g/mol. The Morgan fingerprint density at radius 2 is 2.33 bits per heavy atom. The van der Waals surface area contributed by atoms with Crippen molar-refractivity contribution in [1.82, 2.24) is 10.3 Å². The number of aryl methyl sites for hydroxylation is 1. The van der Waals surface area contributed by atoms with Crippen molar-refractivity contribution in [2.24, 2.45) is 0 Å². The summed E-state index contributed by atoms with van der Waals surface area (Å²) in [4.78, 5) is 14.4. The molecule has 1 unspecified atom stereocenters. The van der Waals surface area contributed by atoms with Crippen LogP contribution < -0.4 is 10.6 Å². The van der Waals surface area contributed by atoms with E-state index in [-0.39, 0.29) is 5.69 Å². The van der Waals surface area contributed by atoms with Crippen molar-refractivity contribution < 1.29 is 4.92 Å². The van der Waals surface area contributed by atoms with E-state index in [4.69, 9.17) is 0 Å². The highest BCUT2D eigenvalue weighted by atomic mass is 16.6. The molecule has 2 N–H and O–H groups in total. The molecule has 0 saturated carbocycles. The van der Waals surface area contributed by atoms with E-state index < -0.39 is 4.92 Å². The second-order valence-electron chi connectivity index (χ2n) is 4.64. The van der Waals surface area contributed by atoms with E-state index in [0.717, 1.165) is 38.2 Å². The molecule has 6 heteroatoms. The fourth-order valence-corrected chi connectivity index (χ4v) is 2.19. The molecule has 1 aromatic heterocycles. The van der Waals surface area contributed by atoms with Crippen LogP contribution in [0.25, 0.3) is 0 Å². The lowest BCUT2D eigenvalue weighted by Gasteiger charge is -2.16. The normalized spacial score (nSPS) is 20.2. The fourth-order valence-electron chi connectivity index (χ4n) is 2.19. The SMILES string of the molecule is Cc1cc(NC2CCCNCC2)ncc1[N+](=O)[O-]. The summed E-state index contributed by atoms with van der Waals surface area (Å²) in [6.07, 6.45) is 4.62. The first kappa shape index (κ1) is 12.8. The second-order valence-corrected chi connectivity index (χ2v) is 4.64. The summed E-state index contributed by atoms with van der Waals surface area (Å²) in [5.74, 6) is 0.727. The molecule has 0 aromatic carbocycles. The Hall–Kier alpha value is -1.69. The van der Waals surface area contributed by atoms with Crippen molar-refractivity contribution in [1.29, 1.82) is 0 Å². The van der Waals surface area contributed by atoms with Crippen LogP contribution in [0.3, 0.4) is 0 Å². The Morgan fingerprint density at radius 3 is 3.06 bits per heavy atom. The highest BCUT2D eigenvalue weighted by Gasteiger charge is 2.15. The molecule has 1 atom stereocenters. The number of anilines is 1. The first-order valence-corrected chi connectivity index (χ1v) is 6.25. The molecular formula is C12H18N4O2. The van der Waals surface area contributed by atoms with Gasteiger partial charge in [-0.05, 0) is 45.3 Å². The minimum atomic E-state index is -0.401. The zero-order valence-electron chi connectivity index (χ0n) is 10.5. The number of aromatic nitrogens is 1. The third kappa shape index (κ3) is 3.16. The maximum absolute atomic E-state index is 10.7. The molecule has 1 aliphatic rings. The molecule has 1 saturated heterocycles. The lowest BCUT2D eigenvalue weighted by molar-refractivity contribution is -0.385. The summed E-state index contributed by atoms with van der Waals surface area (Å²) in [6.45, 7) is 3.80. The van der Waals surface area contributed by atoms with Crippen LogP contribution in [-0.2, 0) is 0 Å². The maximum atomic E-state index is 10.7. The van der Waals surface area contributed by atoms with Gasteiger partial charge in [0.05, 0.1) is 4.92 Å². The first-order valence-electron chi connectivity index (χ1n) is 6.25. The molecule has 1 aromatic rings. The van der Waals surface area contributed by atoms with E-state index in [2.05, 4.69) is 15.6 Å². The van der Waals surface area contributed by atoms with E-state index >= 15 is 0 Å². The minimum absolute atomic E-state index is 0.0723. The minimum Gasteiger partial charge on any atom is -0.367 e. The third-order valence-corrected chi connectivity index (χ3v) is 3.21. The van der Waals surface area contributed by atoms with Gasteiger partial charge in [-0.2, -0.15) is 0 Å². The summed E-state index contributed by atoms with van der Waals surface area (Å²) >= 11 is 0. The van der Waals surface area contributed by atoms with Gasteiger partial charge in [-0.3, -0.25) is 10.1 Å². The van der Waals surface area contributed by atoms with E-state index in [0.29, 0.717) is 11.6 Å². The Kier molecular flexibility index (Phi) is 4.09. The van der Waals surface area contributed by atoms with Crippen molar-refractivity contribution in [2.45, 2.75) is 32.2 Å². The van der Waals surface area contributed by atoms with Crippen molar-refractivity contribution in [3.63, 3.8) is 0 Å². The van der Waals surface area contributed by atoms with Gasteiger partial charge >= 0.3 is 0 Å². The Morgan fingerprint density at radius 1 is 1.50 bits per heavy atom. The van der Waals surface area contributed by atoms with Crippen LogP contribution in [0.1, 0.15) is 24.8 Å². The highest BCUT2D eigenvalue weighted by Crippen LogP contribution is 2.20. The molecule has 0 bridgehead atoms. The van der Waals surface area contributed by atoms with Crippen molar-refractivity contribution in [2.75, 3.05) is 18.4 Å². The van der Waals surface area contributed by atoms with Crippen LogP contribution in [-0.4, -0.2) is 29.0 Å². The van der Waals surface area contributed by atoms with Crippen LogP contribution in [0.15, 0.2) is 12.3 Å². The molecule has 2 heterocycles. The average Bonchev–Trinajstić information content (AvgIpc) is 2.57. The maximum Gasteiger partial charge on any atom is 0.290 e. The van der Waals surface area contributed by atoms with E-state index in [1.54, 1.807) is 13.0 Å². The molecule has 1 fully saturated rings. The van der Waals surface area contributed by atoms with Gasteiger partial charge < -0.3 is 10.6 Å². The fraction of sp³-hybridized carbons (Fsp3) is 0.583. The van der Waals surface area contributed by atoms with E-state index in [1.807, 2.05) is 0 Å². The predicted molar refractivity (Wildman–Crippen MR) is 69.8 cm³/mol. The van der Waals surface area contributed by atoms with Crippen molar-refractivity contribution in [3.8, 4) is 0 Å². The topological polar surface area (TPSA) is 80.1 Å². The second kappa shape index (κ2) is 5.77. The summed E-state index contributed by atoms with van der Waals surface area (Å²) in [6, 6.07) is 2.14. The summed E-state index contributed by atoms with van der Waals surface area (Å²) in [5, 5.41) is 17.4. The summed E-state index contributed by atoms with van der Waals surface area (Å²) in [7, 11) is 0. The van der Waals surface area contributed by atoms with Gasteiger partial charge in [0, 0.05) is 11.6 Å². The smallest absolute Gasteiger partial charge is 0.290 e. The number of rotatable bonds is 3. The molecule has 98 valence electrons. The third-order valence-electron chi connectivity index (χ3n) is 3.21. The van der Waals surface area contributed by atoms with Crippen LogP contribution >= 0.6 is 0 Å². The number of nitrogens with zero attached hydrogens (tertiary/aromatic N) is 2. The summed E-state index contributed by atoms with van der Waals surface area (Å²) in [5.41, 5.74) is 0.715. The average molecular weight is 250 g/mol. The lowest BCUT2D eigenvalue weighted by Crippen LogP contribution is -2.22. The summed E-state index contributed by atoms with van der Waals surface area (Å²) < 4.78 is 0. The van der Waals surface area contributed by atoms with E-state index in [1.165, 1.54) is 6.20 Å². The van der Waals surface area contributed by atoms with Gasteiger partial charge in [-0.25, -0.2) is 4.98 Å². The molecule has 2 rings (SSSR count). The standard InChI is InChI=1S/C12H18N4O2/c1-9-7-12(14-8-11(9)16(17)18)15-10-3-2-5-13-6-4-10/h7-8,10,13H,2-6H2,1H3,(H,14,15). The molecule has 18 heavy (non-hydrogen) atoms. The number of nitrogens with one attached hydrogen (secondary N) is 2. The molecule has 1 aliphatic heterocycles. The van der Waals surface area contributed by atoms with Gasteiger partial charge in [0.2, 0.25) is 0 Å². The van der Waals surface area contributed by atoms with Crippen LogP contribution in [0.4, 0.5) is 11.5 Å². The van der Waals surface area contributed by atoms with E-state index in [9.17, 15) is 10.1 Å². The molecule has 0 spiro atoms. The van der Waals surface area contributed by atoms with Crippen molar-refractivity contribution >= 4 is 11.5 Å². The number of hydrogen-bond acceptors (Lipinski definition) is 5. The van der Waals surface area contributed by atoms with Crippen LogP contribution in [0.5, 0.6) is 0 Å². The lowest BCUT2D eigenvalue weighted by atomic mass is 10.1. The van der Waals surface area contributed by atoms with Gasteiger partial charge in [-0.15, -0.1) is 0 Å². The highest BCUT2D eigenvalue weighted by molar-refractivity contribution is 5.47. The first-order chi connectivity index (χ1) is 8.66. The molecule has 0 radical (unpaired) electrons. The van der Waals surface area contributed by atoms with Gasteiger partial charge in [0.15, 0.2) is 0 Å². The van der Waals surface area contributed by atoms with Gasteiger partial charge in [-0.1, -0.05) is 0 Å². The Labute approximate surface area is 106 Å². The van der Waals surface area contributed by atoms with Gasteiger partial charge in [0.1, 0.15) is 12.0 Å². The quantitative estimate of drug-likeness (QED) is 0.632. The zero-order valence-corrected chi connectivity index (χ0v) is 10.5. The predicted octanol–water partition coefficient (Wildman–Crippen LogP) is 1.85. The number of nitro groups is 1.